The van der Waals surface area contributed by atoms with Crippen molar-refractivity contribution in [1.82, 2.24) is 0 Å². The zero-order chi connectivity index (χ0) is 19.2. The first-order chi connectivity index (χ1) is 11.6. The summed E-state index contributed by atoms with van der Waals surface area (Å²) in [7, 11) is 4.77. The molecule has 1 rings (SSSR count). The molecule has 0 aromatic heterocycles. The summed E-state index contributed by atoms with van der Waals surface area (Å²) >= 11 is 1.24. The Morgan fingerprint density at radius 3 is 1.96 bits per heavy atom. The Kier molecular flexibility index (Phi) is 8.09. The third-order valence-electron chi connectivity index (χ3n) is 3.79. The van der Waals surface area contributed by atoms with E-state index in [9.17, 15) is 4.79 Å². The number of methoxy groups -OCH3 is 3. The van der Waals surface area contributed by atoms with Gasteiger partial charge in [-0.05, 0) is 27.7 Å². The maximum atomic E-state index is 12.5. The fourth-order valence-electron chi connectivity index (χ4n) is 2.35. The molecular weight excluding hydrogens is 340 g/mol. The summed E-state index contributed by atoms with van der Waals surface area (Å²) in [5.41, 5.74) is 0.557. The zero-order valence-corrected chi connectivity index (χ0v) is 17.3. The average molecular weight is 371 g/mol. The summed E-state index contributed by atoms with van der Waals surface area (Å²) < 4.78 is 22.0. The average Bonchev–Trinajstić information content (AvgIpc) is 2.56. The SMILES string of the molecule is COc1cc(OC)c(CSC(=O)[C@@H](C)[C@@H](C)OC(C)(C)C)c(OC)c1. The quantitative estimate of drug-likeness (QED) is 0.679. The molecule has 1 aromatic rings. The molecule has 1 aromatic carbocycles. The second kappa shape index (κ2) is 9.34. The predicted octanol–water partition coefficient (Wildman–Crippen LogP) is 4.31. The van der Waals surface area contributed by atoms with Gasteiger partial charge in [0.25, 0.3) is 0 Å². The molecule has 25 heavy (non-hydrogen) atoms. The van der Waals surface area contributed by atoms with Gasteiger partial charge in [0, 0.05) is 23.4 Å². The van der Waals surface area contributed by atoms with Crippen molar-refractivity contribution in [3.8, 4) is 17.2 Å². The van der Waals surface area contributed by atoms with Crippen molar-refractivity contribution in [3.63, 3.8) is 0 Å². The molecule has 142 valence electrons. The number of thioether (sulfide) groups is 1. The van der Waals surface area contributed by atoms with E-state index in [1.807, 2.05) is 34.6 Å². The van der Waals surface area contributed by atoms with Gasteiger partial charge in [0.1, 0.15) is 17.2 Å². The van der Waals surface area contributed by atoms with Crippen LogP contribution < -0.4 is 14.2 Å². The van der Waals surface area contributed by atoms with Gasteiger partial charge in [0.05, 0.1) is 39.0 Å². The number of rotatable bonds is 8. The van der Waals surface area contributed by atoms with E-state index in [-0.39, 0.29) is 22.7 Å². The van der Waals surface area contributed by atoms with Gasteiger partial charge in [-0.1, -0.05) is 18.7 Å². The maximum Gasteiger partial charge on any atom is 0.194 e. The number of ether oxygens (including phenoxy) is 4. The van der Waals surface area contributed by atoms with E-state index in [2.05, 4.69) is 0 Å². The van der Waals surface area contributed by atoms with Gasteiger partial charge in [-0.25, -0.2) is 0 Å². The van der Waals surface area contributed by atoms with Crippen LogP contribution in [0.5, 0.6) is 17.2 Å². The Morgan fingerprint density at radius 1 is 1.04 bits per heavy atom. The number of hydrogen-bond acceptors (Lipinski definition) is 6. The molecule has 0 heterocycles. The minimum absolute atomic E-state index is 0.0803. The molecule has 0 aliphatic carbocycles. The Hall–Kier alpha value is -1.40. The molecule has 5 nitrogen and oxygen atoms in total. The standard InChI is InChI=1S/C19H30O5S/c1-12(13(2)24-19(3,4)5)18(20)25-11-15-16(22-7)9-14(21-6)10-17(15)23-8/h9-10,12-13H,11H2,1-8H3/t12-,13+/m0/s1. The van der Waals surface area contributed by atoms with Crippen LogP contribution in [0.25, 0.3) is 0 Å². The number of hydrogen-bond donors (Lipinski definition) is 0. The van der Waals surface area contributed by atoms with Crippen LogP contribution in [0.3, 0.4) is 0 Å². The van der Waals surface area contributed by atoms with Crippen LogP contribution in [0.2, 0.25) is 0 Å². The lowest BCUT2D eigenvalue weighted by Gasteiger charge is -2.28. The molecule has 0 saturated carbocycles. The first-order valence-electron chi connectivity index (χ1n) is 8.26. The highest BCUT2D eigenvalue weighted by molar-refractivity contribution is 8.13. The van der Waals surface area contributed by atoms with Gasteiger partial charge in [0.2, 0.25) is 0 Å². The third-order valence-corrected chi connectivity index (χ3v) is 4.88. The maximum absolute atomic E-state index is 12.5. The second-order valence-electron chi connectivity index (χ2n) is 6.84. The van der Waals surface area contributed by atoms with E-state index in [0.717, 1.165) is 5.56 Å². The molecule has 0 aliphatic heterocycles. The lowest BCUT2D eigenvalue weighted by Crippen LogP contribution is -2.32. The van der Waals surface area contributed by atoms with Crippen molar-refractivity contribution in [2.24, 2.45) is 5.92 Å². The van der Waals surface area contributed by atoms with E-state index in [1.54, 1.807) is 33.5 Å². The normalized spacial score (nSPS) is 13.9. The molecule has 0 saturated heterocycles. The summed E-state index contributed by atoms with van der Waals surface area (Å²) in [6.45, 7) is 9.79. The lowest BCUT2D eigenvalue weighted by molar-refractivity contribution is -0.123. The molecule has 0 radical (unpaired) electrons. The first-order valence-corrected chi connectivity index (χ1v) is 9.24. The van der Waals surface area contributed by atoms with Crippen LogP contribution in [0.1, 0.15) is 40.2 Å². The summed E-state index contributed by atoms with van der Waals surface area (Å²) in [5.74, 6) is 2.18. The molecule has 2 atom stereocenters. The Morgan fingerprint density at radius 2 is 1.56 bits per heavy atom. The zero-order valence-electron chi connectivity index (χ0n) is 16.5. The number of carbonyl (C=O) groups excluding carboxylic acids is 1. The van der Waals surface area contributed by atoms with Crippen LogP contribution in [-0.4, -0.2) is 38.1 Å². The second-order valence-corrected chi connectivity index (χ2v) is 7.82. The van der Waals surface area contributed by atoms with Crippen molar-refractivity contribution < 1.29 is 23.7 Å². The summed E-state index contributed by atoms with van der Waals surface area (Å²) in [4.78, 5) is 12.5. The topological polar surface area (TPSA) is 54.0 Å². The molecule has 6 heteroatoms. The molecule has 0 aliphatic rings. The molecule has 0 fully saturated rings. The third kappa shape index (κ3) is 6.44. The molecular formula is C19H30O5S. The number of benzene rings is 1. The predicted molar refractivity (Wildman–Crippen MR) is 102 cm³/mol. The van der Waals surface area contributed by atoms with Crippen molar-refractivity contribution >= 4 is 16.9 Å². The van der Waals surface area contributed by atoms with Crippen molar-refractivity contribution in [2.45, 2.75) is 52.1 Å². The van der Waals surface area contributed by atoms with Crippen LogP contribution in [0, 0.1) is 5.92 Å². The van der Waals surface area contributed by atoms with Crippen LogP contribution in [0.15, 0.2) is 12.1 Å². The fraction of sp³-hybridized carbons (Fsp3) is 0.632. The largest absolute Gasteiger partial charge is 0.496 e. The van der Waals surface area contributed by atoms with Crippen LogP contribution in [0.4, 0.5) is 0 Å². The first kappa shape index (κ1) is 21.6. The van der Waals surface area contributed by atoms with Crippen LogP contribution in [-0.2, 0) is 15.3 Å². The highest BCUT2D eigenvalue weighted by atomic mass is 32.2. The summed E-state index contributed by atoms with van der Waals surface area (Å²) in [6.07, 6.45) is -0.153. The van der Waals surface area contributed by atoms with E-state index < -0.39 is 0 Å². The van der Waals surface area contributed by atoms with Gasteiger partial charge >= 0.3 is 0 Å². The highest BCUT2D eigenvalue weighted by Gasteiger charge is 2.26. The van der Waals surface area contributed by atoms with Gasteiger partial charge in [-0.15, -0.1) is 0 Å². The van der Waals surface area contributed by atoms with Gasteiger partial charge in [-0.2, -0.15) is 0 Å². The van der Waals surface area contributed by atoms with Crippen LogP contribution >= 0.6 is 11.8 Å². The highest BCUT2D eigenvalue weighted by Crippen LogP contribution is 2.37. The Bertz CT molecular complexity index is 555. The minimum Gasteiger partial charge on any atom is -0.496 e. The van der Waals surface area contributed by atoms with Gasteiger partial charge in [0.15, 0.2) is 5.12 Å². The fourth-order valence-corrected chi connectivity index (χ4v) is 3.37. The van der Waals surface area contributed by atoms with Gasteiger partial charge < -0.3 is 18.9 Å². The smallest absolute Gasteiger partial charge is 0.194 e. The molecule has 0 unspecified atom stereocenters. The van der Waals surface area contributed by atoms with E-state index >= 15 is 0 Å². The van der Waals surface area contributed by atoms with E-state index in [0.29, 0.717) is 23.0 Å². The molecule has 0 amide bonds. The Labute approximate surface area is 155 Å². The summed E-state index contributed by atoms with van der Waals surface area (Å²) in [6, 6.07) is 3.58. The van der Waals surface area contributed by atoms with E-state index in [1.165, 1.54) is 11.8 Å². The molecule has 0 N–H and O–H groups in total. The van der Waals surface area contributed by atoms with Gasteiger partial charge in [-0.3, -0.25) is 4.79 Å². The molecule has 0 bridgehead atoms. The van der Waals surface area contributed by atoms with E-state index in [4.69, 9.17) is 18.9 Å². The lowest BCUT2D eigenvalue weighted by atomic mass is 10.1. The monoisotopic (exact) mass is 370 g/mol. The number of carbonyl (C=O) groups is 1. The summed E-state index contributed by atoms with van der Waals surface area (Å²) in [5, 5.41) is 0.0803. The Balaban J connectivity index is 2.85. The molecule has 0 spiro atoms. The van der Waals surface area contributed by atoms with Crippen molar-refractivity contribution in [3.05, 3.63) is 17.7 Å². The minimum atomic E-state index is -0.277. The van der Waals surface area contributed by atoms with Crippen molar-refractivity contribution in [1.29, 1.82) is 0 Å². The van der Waals surface area contributed by atoms with Crippen molar-refractivity contribution in [2.75, 3.05) is 21.3 Å².